The molecule has 7 nitrogen and oxygen atoms in total. The van der Waals surface area contributed by atoms with E-state index in [1.807, 2.05) is 19.2 Å². The summed E-state index contributed by atoms with van der Waals surface area (Å²) in [5.74, 6) is 0.589. The van der Waals surface area contributed by atoms with Crippen LogP contribution in [0.2, 0.25) is 0 Å². The second-order valence-electron chi connectivity index (χ2n) is 10.2. The Hall–Kier alpha value is -3.84. The van der Waals surface area contributed by atoms with Crippen molar-refractivity contribution < 1.29 is 15.0 Å². The molecular formula is C31H38N4O3. The van der Waals surface area contributed by atoms with E-state index in [0.29, 0.717) is 18.8 Å². The van der Waals surface area contributed by atoms with E-state index in [-0.39, 0.29) is 5.75 Å². The molecular weight excluding hydrogens is 476 g/mol. The molecule has 6 N–H and O–H groups in total. The van der Waals surface area contributed by atoms with Crippen LogP contribution in [-0.2, 0) is 4.79 Å². The van der Waals surface area contributed by atoms with E-state index in [1.165, 1.54) is 5.57 Å². The molecule has 0 aromatic heterocycles. The molecule has 0 saturated heterocycles. The Kier molecular flexibility index (Phi) is 9.02. The third kappa shape index (κ3) is 6.92. The minimum atomic E-state index is -0.934. The average Bonchev–Trinajstić information content (AvgIpc) is 3.29. The number of carboxylic acid groups (broad SMARTS) is 1. The summed E-state index contributed by atoms with van der Waals surface area (Å²) in [7, 11) is 1.82. The van der Waals surface area contributed by atoms with E-state index < -0.39 is 12.0 Å². The minimum absolute atomic E-state index is 0.262. The molecule has 2 unspecified atom stereocenters. The largest absolute Gasteiger partial charge is 0.508 e. The van der Waals surface area contributed by atoms with Crippen LogP contribution < -0.4 is 11.5 Å². The van der Waals surface area contributed by atoms with E-state index >= 15 is 0 Å². The highest BCUT2D eigenvalue weighted by Gasteiger charge is 2.23. The Bertz CT molecular complexity index is 1270. The van der Waals surface area contributed by atoms with Crippen LogP contribution in [-0.4, -0.2) is 46.6 Å². The Morgan fingerprint density at radius 1 is 1.24 bits per heavy atom. The maximum atomic E-state index is 11.1. The van der Waals surface area contributed by atoms with Gasteiger partial charge in [0.15, 0.2) is 0 Å². The number of allylic oxidation sites excluding steroid dienone is 8. The number of aliphatic imine (C=N–C) groups is 1. The highest BCUT2D eigenvalue weighted by molar-refractivity contribution is 5.88. The van der Waals surface area contributed by atoms with Crippen molar-refractivity contribution >= 4 is 17.4 Å². The molecule has 1 aromatic rings. The molecule has 2 aliphatic carbocycles. The highest BCUT2D eigenvalue weighted by atomic mass is 16.4. The molecule has 1 heterocycles. The van der Waals surface area contributed by atoms with Crippen LogP contribution in [0.4, 0.5) is 0 Å². The molecule has 1 aromatic carbocycles. The van der Waals surface area contributed by atoms with Crippen LogP contribution in [0.5, 0.6) is 5.75 Å². The number of aliphatic carboxylic acids is 1. The summed E-state index contributed by atoms with van der Waals surface area (Å²) in [5.41, 5.74) is 18.8. The van der Waals surface area contributed by atoms with E-state index in [4.69, 9.17) is 16.6 Å². The predicted molar refractivity (Wildman–Crippen MR) is 153 cm³/mol. The first-order valence-electron chi connectivity index (χ1n) is 13.3. The fraction of sp³-hybridized carbons (Fsp3) is 0.355. The third-order valence-corrected chi connectivity index (χ3v) is 7.51. The van der Waals surface area contributed by atoms with Crippen LogP contribution in [0.3, 0.4) is 0 Å². The van der Waals surface area contributed by atoms with Gasteiger partial charge in [0.2, 0.25) is 0 Å². The lowest BCUT2D eigenvalue weighted by Crippen LogP contribution is -2.32. The smallest absolute Gasteiger partial charge is 0.320 e. The third-order valence-electron chi connectivity index (χ3n) is 7.51. The van der Waals surface area contributed by atoms with Crippen LogP contribution in [0.1, 0.15) is 50.5 Å². The van der Waals surface area contributed by atoms with Crippen LogP contribution in [0.25, 0.3) is 5.57 Å². The second kappa shape index (κ2) is 12.6. The Balaban J connectivity index is 1.43. The lowest BCUT2D eigenvalue weighted by atomic mass is 9.91. The number of hydrogen-bond acceptors (Lipinski definition) is 5. The standard InChI is InChI=1S/C31H38N4O3/c1-34-29-19-26(30(33)24-8-2-5-21(11-14-24)17-28(32)31(37)38)15-16-35(29)20-22-6-3-7-23(13-12-22)25-9-4-10-27(36)18-25/h3-4,7-10,12-13,15-16,18,21,28,36H,2,5-6,11,14,17,19-20,32-33H2,1H3,(H,37,38)/b30-26-,34-29?. The van der Waals surface area contributed by atoms with Gasteiger partial charge in [0.25, 0.3) is 0 Å². The van der Waals surface area contributed by atoms with E-state index in [9.17, 15) is 9.90 Å². The first kappa shape index (κ1) is 27.2. The minimum Gasteiger partial charge on any atom is -0.508 e. The zero-order valence-corrected chi connectivity index (χ0v) is 22.0. The number of carboxylic acids is 1. The molecule has 2 atom stereocenters. The van der Waals surface area contributed by atoms with Crippen molar-refractivity contribution in [1.29, 1.82) is 0 Å². The monoisotopic (exact) mass is 514 g/mol. The summed E-state index contributed by atoms with van der Waals surface area (Å²) >= 11 is 0. The van der Waals surface area contributed by atoms with Gasteiger partial charge >= 0.3 is 5.97 Å². The van der Waals surface area contributed by atoms with E-state index in [0.717, 1.165) is 72.5 Å². The van der Waals surface area contributed by atoms with Gasteiger partial charge in [-0.1, -0.05) is 42.5 Å². The number of amidine groups is 1. The van der Waals surface area contributed by atoms with Gasteiger partial charge in [0.05, 0.1) is 0 Å². The number of phenolic OH excluding ortho intramolecular Hbond substituents is 1. The molecule has 0 bridgehead atoms. The fourth-order valence-electron chi connectivity index (χ4n) is 5.26. The van der Waals surface area contributed by atoms with Crippen molar-refractivity contribution in [3.8, 4) is 5.75 Å². The molecule has 4 rings (SSSR count). The fourth-order valence-corrected chi connectivity index (χ4v) is 5.26. The van der Waals surface area contributed by atoms with Gasteiger partial charge < -0.3 is 26.6 Å². The highest BCUT2D eigenvalue weighted by Crippen LogP contribution is 2.31. The predicted octanol–water partition coefficient (Wildman–Crippen LogP) is 5.04. The molecule has 0 radical (unpaired) electrons. The van der Waals surface area contributed by atoms with Crippen LogP contribution >= 0.6 is 0 Å². The van der Waals surface area contributed by atoms with Gasteiger partial charge in [-0.15, -0.1) is 0 Å². The molecule has 7 heteroatoms. The van der Waals surface area contributed by atoms with Crippen LogP contribution in [0.15, 0.2) is 94.3 Å². The van der Waals surface area contributed by atoms with Gasteiger partial charge in [-0.25, -0.2) is 0 Å². The van der Waals surface area contributed by atoms with Crippen molar-refractivity contribution in [2.24, 2.45) is 22.4 Å². The number of nitrogens with two attached hydrogens (primary N) is 2. The summed E-state index contributed by atoms with van der Waals surface area (Å²) in [6.45, 7) is 0.735. The van der Waals surface area contributed by atoms with Gasteiger partial charge in [-0.3, -0.25) is 9.79 Å². The molecule has 1 aliphatic heterocycles. The summed E-state index contributed by atoms with van der Waals surface area (Å²) in [6.07, 6.45) is 20.4. The zero-order chi connectivity index (χ0) is 27.1. The lowest BCUT2D eigenvalue weighted by molar-refractivity contribution is -0.139. The maximum absolute atomic E-state index is 11.1. The number of aromatic hydroxyl groups is 1. The van der Waals surface area contributed by atoms with Crippen molar-refractivity contribution in [3.63, 3.8) is 0 Å². The maximum Gasteiger partial charge on any atom is 0.320 e. The average molecular weight is 515 g/mol. The number of rotatable bonds is 7. The zero-order valence-electron chi connectivity index (χ0n) is 22.0. The molecule has 0 fully saturated rings. The molecule has 3 aliphatic rings. The Morgan fingerprint density at radius 2 is 2.08 bits per heavy atom. The number of benzene rings is 1. The van der Waals surface area contributed by atoms with Crippen molar-refractivity contribution in [1.82, 2.24) is 4.90 Å². The number of phenols is 1. The molecule has 0 saturated carbocycles. The van der Waals surface area contributed by atoms with Gasteiger partial charge in [0, 0.05) is 31.9 Å². The summed E-state index contributed by atoms with van der Waals surface area (Å²) < 4.78 is 0. The van der Waals surface area contributed by atoms with Gasteiger partial charge in [0.1, 0.15) is 17.6 Å². The lowest BCUT2D eigenvalue weighted by Gasteiger charge is -2.28. The summed E-state index contributed by atoms with van der Waals surface area (Å²) in [4.78, 5) is 17.9. The van der Waals surface area contributed by atoms with Crippen LogP contribution in [0, 0.1) is 5.92 Å². The first-order valence-corrected chi connectivity index (χ1v) is 13.3. The van der Waals surface area contributed by atoms with Gasteiger partial charge in [-0.05, 0) is 90.5 Å². The molecule has 38 heavy (non-hydrogen) atoms. The van der Waals surface area contributed by atoms with Crippen molar-refractivity contribution in [2.45, 2.75) is 51.0 Å². The molecule has 0 amide bonds. The Morgan fingerprint density at radius 3 is 2.84 bits per heavy atom. The summed E-state index contributed by atoms with van der Waals surface area (Å²) in [5, 5.41) is 19.0. The molecule has 0 spiro atoms. The van der Waals surface area contributed by atoms with Crippen molar-refractivity contribution in [2.75, 3.05) is 13.6 Å². The Labute approximate surface area is 224 Å². The topological polar surface area (TPSA) is 125 Å². The summed E-state index contributed by atoms with van der Waals surface area (Å²) in [6, 6.07) is 6.50. The number of hydrogen-bond donors (Lipinski definition) is 4. The second-order valence-corrected chi connectivity index (χ2v) is 10.2. The molecule has 200 valence electrons. The normalized spacial score (nSPS) is 23.2. The first-order chi connectivity index (χ1) is 18.3. The van der Waals surface area contributed by atoms with Crippen molar-refractivity contribution in [3.05, 3.63) is 94.9 Å². The van der Waals surface area contributed by atoms with E-state index in [1.54, 1.807) is 12.1 Å². The van der Waals surface area contributed by atoms with E-state index in [2.05, 4.69) is 52.5 Å². The quantitative estimate of drug-likeness (QED) is 0.404. The SMILES string of the molecule is CN=C1C/C(=C(\N)C2=CCCC(CC(N)C(=O)O)CC2)C=CN1CC1=CC=C(c2cccc(O)c2)C=CC1. The van der Waals surface area contributed by atoms with Gasteiger partial charge in [-0.2, -0.15) is 0 Å². The number of carbonyl (C=O) groups is 1. The number of nitrogens with zero attached hydrogens (tertiary/aromatic N) is 2.